The van der Waals surface area contributed by atoms with Crippen LogP contribution in [0.25, 0.3) is 0 Å². The highest BCUT2D eigenvalue weighted by Crippen LogP contribution is 2.21. The molecule has 0 bridgehead atoms. The molecule has 1 aromatic rings. The minimum absolute atomic E-state index is 0.959. The molecule has 1 aromatic carbocycles. The summed E-state index contributed by atoms with van der Waals surface area (Å²) in [6.45, 7) is 0. The summed E-state index contributed by atoms with van der Waals surface area (Å²) >= 11 is 0. The van der Waals surface area contributed by atoms with Crippen LogP contribution in [0.15, 0.2) is 29.4 Å². The third kappa shape index (κ3) is 1.00. The lowest BCUT2D eigenvalue weighted by atomic mass is 10.1. The van der Waals surface area contributed by atoms with E-state index in [9.17, 15) is 0 Å². The van der Waals surface area contributed by atoms with E-state index in [0.717, 1.165) is 6.42 Å². The van der Waals surface area contributed by atoms with Gasteiger partial charge in [-0.1, -0.05) is 18.2 Å². The zero-order valence-electron chi connectivity index (χ0n) is 6.49. The molecule has 0 fully saturated rings. The first-order valence-electron chi connectivity index (χ1n) is 3.72. The molecule has 56 valence electrons. The van der Waals surface area contributed by atoms with E-state index in [1.54, 1.807) is 0 Å². The van der Waals surface area contributed by atoms with Gasteiger partial charge in [0, 0.05) is 19.7 Å². The molecule has 0 unspecified atom stereocenters. The number of rotatable bonds is 0. The van der Waals surface area contributed by atoms with E-state index in [2.05, 4.69) is 23.3 Å². The maximum Gasteiger partial charge on any atom is 0.0626 e. The Kier molecular flexibility index (Phi) is 1.39. The maximum absolute atomic E-state index is 4.18. The molecule has 0 N–H and O–H groups in total. The van der Waals surface area contributed by atoms with Gasteiger partial charge in [-0.25, -0.2) is 0 Å². The Morgan fingerprint density at radius 1 is 1.36 bits per heavy atom. The van der Waals surface area contributed by atoms with Crippen LogP contribution in [0.1, 0.15) is 5.56 Å². The minimum atomic E-state index is 0.959. The summed E-state index contributed by atoms with van der Waals surface area (Å²) < 4.78 is 0. The van der Waals surface area contributed by atoms with Gasteiger partial charge in [0.05, 0.1) is 5.69 Å². The first-order chi connectivity index (χ1) is 5.38. The predicted molar refractivity (Wildman–Crippen MR) is 47.0 cm³/mol. The molecular formula is C9H10N2. The van der Waals surface area contributed by atoms with Crippen molar-refractivity contribution >= 4 is 11.9 Å². The molecule has 0 aliphatic carbocycles. The molecule has 2 heteroatoms. The van der Waals surface area contributed by atoms with Crippen LogP contribution < -0.4 is 5.01 Å². The number of nitrogens with zero attached hydrogens (tertiary/aromatic N) is 2. The van der Waals surface area contributed by atoms with Crippen LogP contribution in [0.5, 0.6) is 0 Å². The van der Waals surface area contributed by atoms with Gasteiger partial charge >= 0.3 is 0 Å². The van der Waals surface area contributed by atoms with Crippen molar-refractivity contribution < 1.29 is 0 Å². The first kappa shape index (κ1) is 6.40. The molecule has 0 amide bonds. The van der Waals surface area contributed by atoms with E-state index in [1.165, 1.54) is 11.3 Å². The number of hydrogen-bond donors (Lipinski definition) is 0. The summed E-state index contributed by atoms with van der Waals surface area (Å²) in [5.74, 6) is 0. The molecule has 11 heavy (non-hydrogen) atoms. The predicted octanol–water partition coefficient (Wildman–Crippen LogP) is 1.66. The number of hydrogen-bond acceptors (Lipinski definition) is 2. The fourth-order valence-electron chi connectivity index (χ4n) is 1.32. The lowest BCUT2D eigenvalue weighted by Gasteiger charge is -2.19. The van der Waals surface area contributed by atoms with Gasteiger partial charge < -0.3 is 0 Å². The van der Waals surface area contributed by atoms with E-state index in [-0.39, 0.29) is 0 Å². The molecule has 2 nitrogen and oxygen atoms in total. The summed E-state index contributed by atoms with van der Waals surface area (Å²) in [7, 11) is 1.97. The van der Waals surface area contributed by atoms with Crippen LogP contribution in [-0.2, 0) is 6.42 Å². The molecule has 0 aromatic heterocycles. The molecule has 1 aliphatic heterocycles. The van der Waals surface area contributed by atoms with Gasteiger partial charge in [-0.05, 0) is 11.6 Å². The van der Waals surface area contributed by atoms with Gasteiger partial charge in [-0.2, -0.15) is 5.10 Å². The zero-order valence-corrected chi connectivity index (χ0v) is 6.49. The second-order valence-corrected chi connectivity index (χ2v) is 2.65. The Hall–Kier alpha value is -1.31. The van der Waals surface area contributed by atoms with Crippen LogP contribution in [0.2, 0.25) is 0 Å². The number of para-hydroxylation sites is 1. The molecular weight excluding hydrogens is 136 g/mol. The molecule has 1 heterocycles. The van der Waals surface area contributed by atoms with Crippen LogP contribution >= 0.6 is 0 Å². The van der Waals surface area contributed by atoms with Crippen molar-refractivity contribution in [3.05, 3.63) is 29.8 Å². The van der Waals surface area contributed by atoms with Crippen molar-refractivity contribution in [2.75, 3.05) is 12.1 Å². The Morgan fingerprint density at radius 3 is 3.00 bits per heavy atom. The van der Waals surface area contributed by atoms with Gasteiger partial charge in [0.1, 0.15) is 0 Å². The van der Waals surface area contributed by atoms with Gasteiger partial charge in [0.15, 0.2) is 0 Å². The Labute approximate surface area is 66.1 Å². The smallest absolute Gasteiger partial charge is 0.0626 e. The summed E-state index contributed by atoms with van der Waals surface area (Å²) in [6.07, 6.45) is 2.89. The molecule has 1 aliphatic rings. The van der Waals surface area contributed by atoms with Crippen molar-refractivity contribution in [2.45, 2.75) is 6.42 Å². The molecule has 0 saturated carbocycles. The Morgan fingerprint density at radius 2 is 2.18 bits per heavy atom. The summed E-state index contributed by atoms with van der Waals surface area (Å²) in [4.78, 5) is 0. The summed E-state index contributed by atoms with van der Waals surface area (Å²) in [5, 5.41) is 6.08. The van der Waals surface area contributed by atoms with Gasteiger partial charge in [0.2, 0.25) is 0 Å². The highest BCUT2D eigenvalue weighted by atomic mass is 15.4. The fourth-order valence-corrected chi connectivity index (χ4v) is 1.32. The minimum Gasteiger partial charge on any atom is -0.269 e. The molecule has 0 radical (unpaired) electrons. The van der Waals surface area contributed by atoms with Crippen molar-refractivity contribution in [2.24, 2.45) is 5.10 Å². The van der Waals surface area contributed by atoms with Gasteiger partial charge in [-0.3, -0.25) is 5.01 Å². The monoisotopic (exact) mass is 146 g/mol. The van der Waals surface area contributed by atoms with Gasteiger partial charge in [-0.15, -0.1) is 0 Å². The van der Waals surface area contributed by atoms with Crippen molar-refractivity contribution in [3.63, 3.8) is 0 Å². The molecule has 0 atom stereocenters. The molecule has 0 spiro atoms. The average Bonchev–Trinajstić information content (AvgIpc) is 2.06. The first-order valence-corrected chi connectivity index (χ1v) is 3.72. The van der Waals surface area contributed by atoms with Crippen LogP contribution in [0, 0.1) is 0 Å². The van der Waals surface area contributed by atoms with Crippen LogP contribution in [0.4, 0.5) is 5.69 Å². The lowest BCUT2D eigenvalue weighted by Crippen LogP contribution is -2.15. The highest BCUT2D eigenvalue weighted by molar-refractivity contribution is 5.72. The second-order valence-electron chi connectivity index (χ2n) is 2.65. The summed E-state index contributed by atoms with van der Waals surface area (Å²) in [6, 6.07) is 8.32. The van der Waals surface area contributed by atoms with E-state index >= 15 is 0 Å². The lowest BCUT2D eigenvalue weighted by molar-refractivity contribution is 0.980. The van der Waals surface area contributed by atoms with E-state index in [4.69, 9.17) is 0 Å². The standard InChI is InChI=1S/C9H10N2/c1-11-9-5-3-2-4-8(9)6-7-10-11/h2-5,7H,6H2,1H3. The third-order valence-electron chi connectivity index (χ3n) is 1.91. The van der Waals surface area contributed by atoms with Crippen molar-refractivity contribution in [1.29, 1.82) is 0 Å². The van der Waals surface area contributed by atoms with Gasteiger partial charge in [0.25, 0.3) is 0 Å². The second kappa shape index (κ2) is 2.38. The number of anilines is 1. The quantitative estimate of drug-likeness (QED) is 0.543. The maximum atomic E-state index is 4.18. The van der Waals surface area contributed by atoms with Crippen molar-refractivity contribution in [3.8, 4) is 0 Å². The number of fused-ring (bicyclic) bond motifs is 1. The largest absolute Gasteiger partial charge is 0.269 e. The highest BCUT2D eigenvalue weighted by Gasteiger charge is 2.07. The normalized spacial score (nSPS) is 14.8. The topological polar surface area (TPSA) is 15.6 Å². The molecule has 2 rings (SSSR count). The average molecular weight is 146 g/mol. The molecule has 0 saturated heterocycles. The summed E-state index contributed by atoms with van der Waals surface area (Å²) in [5.41, 5.74) is 2.57. The third-order valence-corrected chi connectivity index (χ3v) is 1.91. The van der Waals surface area contributed by atoms with E-state index in [0.29, 0.717) is 0 Å². The SMILES string of the molecule is CN1N=CCc2ccccc21. The number of hydrazone groups is 1. The van der Waals surface area contributed by atoms with E-state index in [1.807, 2.05) is 24.3 Å². The van der Waals surface area contributed by atoms with Crippen molar-refractivity contribution in [1.82, 2.24) is 0 Å². The Balaban J connectivity index is 2.50. The zero-order chi connectivity index (χ0) is 7.68. The van der Waals surface area contributed by atoms with Crippen LogP contribution in [0.3, 0.4) is 0 Å². The Bertz CT molecular complexity index is 291. The van der Waals surface area contributed by atoms with Crippen LogP contribution in [-0.4, -0.2) is 13.3 Å². The number of benzene rings is 1. The van der Waals surface area contributed by atoms with E-state index < -0.39 is 0 Å². The fraction of sp³-hybridized carbons (Fsp3) is 0.222.